The highest BCUT2D eigenvalue weighted by atomic mass is 16.5. The highest BCUT2D eigenvalue weighted by Crippen LogP contribution is 2.28. The quantitative estimate of drug-likeness (QED) is 0.366. The highest BCUT2D eigenvalue weighted by molar-refractivity contribution is 5.79. The summed E-state index contributed by atoms with van der Waals surface area (Å²) in [5, 5.41) is 6.70. The van der Waals surface area contributed by atoms with Crippen LogP contribution in [0.1, 0.15) is 25.0 Å². The lowest BCUT2D eigenvalue weighted by molar-refractivity contribution is 0.217. The third kappa shape index (κ3) is 7.96. The summed E-state index contributed by atoms with van der Waals surface area (Å²) in [4.78, 5) is 6.64. The lowest BCUT2D eigenvalue weighted by Gasteiger charge is -2.19. The van der Waals surface area contributed by atoms with E-state index in [1.54, 1.807) is 21.3 Å². The summed E-state index contributed by atoms with van der Waals surface area (Å²) in [6, 6.07) is 14.1. The van der Waals surface area contributed by atoms with Gasteiger partial charge in [-0.25, -0.2) is 0 Å². The van der Waals surface area contributed by atoms with Gasteiger partial charge in [-0.05, 0) is 48.8 Å². The van der Waals surface area contributed by atoms with Crippen LogP contribution in [0.15, 0.2) is 47.5 Å². The molecule has 0 spiro atoms. The molecular weight excluding hydrogens is 404 g/mol. The molecule has 32 heavy (non-hydrogen) atoms. The largest absolute Gasteiger partial charge is 0.496 e. The SMILES string of the molecule is CCN(CC)CCOc1ccc(CNC(=NC)NCCc2ccccc2OC)cc1OC. The van der Waals surface area contributed by atoms with E-state index in [1.165, 1.54) is 5.56 Å². The zero-order chi connectivity index (χ0) is 23.2. The molecule has 0 atom stereocenters. The lowest BCUT2D eigenvalue weighted by Crippen LogP contribution is -2.37. The number of aliphatic imine (C=N–C) groups is 1. The standard InChI is InChI=1S/C25H38N4O3/c1-6-29(7-2)16-17-32-23-13-12-20(18-24(23)31-5)19-28-25(26-3)27-15-14-21-10-8-9-11-22(21)30-4/h8-13,18H,6-7,14-17,19H2,1-5H3,(H2,26,27,28). The van der Waals surface area contributed by atoms with Crippen molar-refractivity contribution in [2.24, 2.45) is 4.99 Å². The number of methoxy groups -OCH3 is 2. The Hall–Kier alpha value is -2.93. The number of benzene rings is 2. The van der Waals surface area contributed by atoms with Gasteiger partial charge >= 0.3 is 0 Å². The number of guanidine groups is 1. The second-order valence-electron chi connectivity index (χ2n) is 7.27. The van der Waals surface area contributed by atoms with Crippen LogP contribution in [0, 0.1) is 0 Å². The summed E-state index contributed by atoms with van der Waals surface area (Å²) in [6.07, 6.45) is 0.845. The van der Waals surface area contributed by atoms with Crippen LogP contribution in [0.2, 0.25) is 0 Å². The predicted molar refractivity (Wildman–Crippen MR) is 131 cm³/mol. The fraction of sp³-hybridized carbons (Fsp3) is 0.480. The van der Waals surface area contributed by atoms with Gasteiger partial charge in [-0.1, -0.05) is 38.1 Å². The molecule has 0 aliphatic heterocycles. The van der Waals surface area contributed by atoms with E-state index in [0.29, 0.717) is 13.2 Å². The minimum atomic E-state index is 0.629. The number of ether oxygens (including phenoxy) is 3. The maximum absolute atomic E-state index is 5.94. The van der Waals surface area contributed by atoms with Crippen molar-refractivity contribution in [2.75, 3.05) is 54.1 Å². The average molecular weight is 443 g/mol. The van der Waals surface area contributed by atoms with Gasteiger partial charge in [0.1, 0.15) is 12.4 Å². The number of hydrogen-bond donors (Lipinski definition) is 2. The highest BCUT2D eigenvalue weighted by Gasteiger charge is 2.08. The molecule has 0 saturated heterocycles. The summed E-state index contributed by atoms with van der Waals surface area (Å²) in [7, 11) is 5.14. The predicted octanol–water partition coefficient (Wildman–Crippen LogP) is 3.33. The second-order valence-corrected chi connectivity index (χ2v) is 7.27. The van der Waals surface area contributed by atoms with Crippen LogP contribution in [0.4, 0.5) is 0 Å². The maximum atomic E-state index is 5.94. The Labute approximate surface area is 192 Å². The van der Waals surface area contributed by atoms with Gasteiger partial charge in [0.05, 0.1) is 14.2 Å². The average Bonchev–Trinajstić information content (AvgIpc) is 2.84. The molecule has 0 amide bonds. The molecule has 7 heteroatoms. The Kier molecular flexibility index (Phi) is 11.2. The van der Waals surface area contributed by atoms with Crippen LogP contribution in [0.5, 0.6) is 17.2 Å². The summed E-state index contributed by atoms with van der Waals surface area (Å²) in [5.41, 5.74) is 2.25. The first-order valence-corrected chi connectivity index (χ1v) is 11.2. The van der Waals surface area contributed by atoms with E-state index in [2.05, 4.69) is 40.4 Å². The Morgan fingerprint density at radius 1 is 0.938 bits per heavy atom. The van der Waals surface area contributed by atoms with Gasteiger partial charge in [-0.2, -0.15) is 0 Å². The van der Waals surface area contributed by atoms with Gasteiger partial charge in [0, 0.05) is 26.7 Å². The zero-order valence-electron chi connectivity index (χ0n) is 20.1. The van der Waals surface area contributed by atoms with Gasteiger partial charge in [-0.3, -0.25) is 4.99 Å². The van der Waals surface area contributed by atoms with Crippen molar-refractivity contribution < 1.29 is 14.2 Å². The Morgan fingerprint density at radius 3 is 2.38 bits per heavy atom. The Morgan fingerprint density at radius 2 is 1.69 bits per heavy atom. The van der Waals surface area contributed by atoms with Crippen molar-refractivity contribution in [3.63, 3.8) is 0 Å². The minimum absolute atomic E-state index is 0.629. The molecule has 0 aromatic heterocycles. The van der Waals surface area contributed by atoms with Crippen LogP contribution in [0.25, 0.3) is 0 Å². The first-order valence-electron chi connectivity index (χ1n) is 11.2. The summed E-state index contributed by atoms with van der Waals surface area (Å²) < 4.78 is 16.9. The van der Waals surface area contributed by atoms with E-state index in [9.17, 15) is 0 Å². The molecule has 0 saturated carbocycles. The Bertz CT molecular complexity index is 838. The lowest BCUT2D eigenvalue weighted by atomic mass is 10.1. The van der Waals surface area contributed by atoms with E-state index < -0.39 is 0 Å². The summed E-state index contributed by atoms with van der Waals surface area (Å²) >= 11 is 0. The molecule has 7 nitrogen and oxygen atoms in total. The maximum Gasteiger partial charge on any atom is 0.191 e. The van der Waals surface area contributed by atoms with Crippen molar-refractivity contribution in [1.82, 2.24) is 15.5 Å². The van der Waals surface area contributed by atoms with Crippen LogP contribution < -0.4 is 24.8 Å². The van der Waals surface area contributed by atoms with E-state index in [1.807, 2.05) is 36.4 Å². The first kappa shape index (κ1) is 25.3. The molecule has 0 bridgehead atoms. The van der Waals surface area contributed by atoms with Crippen LogP contribution in [0.3, 0.4) is 0 Å². The van der Waals surface area contributed by atoms with E-state index >= 15 is 0 Å². The fourth-order valence-electron chi connectivity index (χ4n) is 3.40. The van der Waals surface area contributed by atoms with E-state index in [4.69, 9.17) is 14.2 Å². The first-order chi connectivity index (χ1) is 15.6. The van der Waals surface area contributed by atoms with E-state index in [0.717, 1.165) is 61.4 Å². The van der Waals surface area contributed by atoms with Crippen molar-refractivity contribution in [1.29, 1.82) is 0 Å². The molecule has 0 heterocycles. The number of nitrogens with one attached hydrogen (secondary N) is 2. The molecule has 2 N–H and O–H groups in total. The third-order valence-electron chi connectivity index (χ3n) is 5.35. The number of rotatable bonds is 13. The smallest absolute Gasteiger partial charge is 0.191 e. The molecule has 176 valence electrons. The molecule has 0 aliphatic rings. The summed E-state index contributed by atoms with van der Waals surface area (Å²) in [5.74, 6) is 3.16. The van der Waals surface area contributed by atoms with Crippen LogP contribution in [-0.2, 0) is 13.0 Å². The normalized spacial score (nSPS) is 11.4. The molecule has 0 unspecified atom stereocenters. The molecule has 2 rings (SSSR count). The number of para-hydroxylation sites is 1. The van der Waals surface area contributed by atoms with Crippen LogP contribution in [-0.4, -0.2) is 64.9 Å². The van der Waals surface area contributed by atoms with Gasteiger partial charge in [0.15, 0.2) is 17.5 Å². The molecule has 2 aromatic rings. The minimum Gasteiger partial charge on any atom is -0.496 e. The third-order valence-corrected chi connectivity index (χ3v) is 5.35. The zero-order valence-corrected chi connectivity index (χ0v) is 20.1. The van der Waals surface area contributed by atoms with Crippen molar-refractivity contribution in [2.45, 2.75) is 26.8 Å². The van der Waals surface area contributed by atoms with Crippen molar-refractivity contribution in [3.8, 4) is 17.2 Å². The van der Waals surface area contributed by atoms with Gasteiger partial charge < -0.3 is 29.7 Å². The summed E-state index contributed by atoms with van der Waals surface area (Å²) in [6.45, 7) is 9.29. The van der Waals surface area contributed by atoms with Crippen molar-refractivity contribution in [3.05, 3.63) is 53.6 Å². The molecular formula is C25H38N4O3. The van der Waals surface area contributed by atoms with E-state index in [-0.39, 0.29) is 0 Å². The van der Waals surface area contributed by atoms with Crippen molar-refractivity contribution >= 4 is 5.96 Å². The monoisotopic (exact) mass is 442 g/mol. The number of hydrogen-bond acceptors (Lipinski definition) is 5. The molecule has 0 radical (unpaired) electrons. The second kappa shape index (κ2) is 14.2. The van der Waals surface area contributed by atoms with Gasteiger partial charge in [0.2, 0.25) is 0 Å². The number of likely N-dealkylation sites (N-methyl/N-ethyl adjacent to an activating group) is 1. The van der Waals surface area contributed by atoms with Gasteiger partial charge in [-0.15, -0.1) is 0 Å². The Balaban J connectivity index is 1.84. The molecule has 0 fully saturated rings. The molecule has 2 aromatic carbocycles. The topological polar surface area (TPSA) is 67.4 Å². The molecule has 0 aliphatic carbocycles. The van der Waals surface area contributed by atoms with Gasteiger partial charge in [0.25, 0.3) is 0 Å². The van der Waals surface area contributed by atoms with Crippen LogP contribution >= 0.6 is 0 Å². The fourth-order valence-corrected chi connectivity index (χ4v) is 3.40. The number of nitrogens with zero attached hydrogens (tertiary/aromatic N) is 2.